The number of hydrogen-bond acceptors (Lipinski definition) is 3. The van der Waals surface area contributed by atoms with Crippen molar-refractivity contribution in [3.05, 3.63) is 28.8 Å². The molecule has 0 saturated carbocycles. The van der Waals surface area contributed by atoms with Gasteiger partial charge >= 0.3 is 5.97 Å². The molecule has 1 fully saturated rings. The van der Waals surface area contributed by atoms with Crippen LogP contribution in [0.25, 0.3) is 0 Å². The number of benzene rings is 1. The molecule has 1 aliphatic rings. The number of nitrogens with zero attached hydrogens (tertiary/aromatic N) is 1. The van der Waals surface area contributed by atoms with Gasteiger partial charge in [0, 0.05) is 13.1 Å². The molecule has 0 amide bonds. The molecule has 0 bridgehead atoms. The van der Waals surface area contributed by atoms with Gasteiger partial charge in [0.15, 0.2) is 0 Å². The molecule has 0 radical (unpaired) electrons. The summed E-state index contributed by atoms with van der Waals surface area (Å²) in [6.07, 6.45) is 2.68. The molecule has 1 unspecified atom stereocenters. The highest BCUT2D eigenvalue weighted by Crippen LogP contribution is 2.24. The van der Waals surface area contributed by atoms with Gasteiger partial charge < -0.3 is 14.7 Å². The average molecular weight is 291 g/mol. The van der Waals surface area contributed by atoms with Gasteiger partial charge in [0.05, 0.1) is 13.0 Å². The monoisotopic (exact) mass is 291 g/mol. The maximum atomic E-state index is 11.1. The number of aryl methyl sites for hydroxylation is 2. The highest BCUT2D eigenvalue weighted by Gasteiger charge is 2.25. The molecule has 1 aromatic carbocycles. The van der Waals surface area contributed by atoms with Crippen molar-refractivity contribution >= 4 is 5.97 Å². The molecule has 0 spiro atoms. The number of rotatable bonds is 5. The van der Waals surface area contributed by atoms with Crippen LogP contribution in [-0.2, 0) is 11.2 Å². The van der Waals surface area contributed by atoms with E-state index in [0.29, 0.717) is 6.54 Å². The molecular formula is C17H25NO3. The maximum absolute atomic E-state index is 11.1. The summed E-state index contributed by atoms with van der Waals surface area (Å²) in [6.45, 7) is 6.76. The lowest BCUT2D eigenvalue weighted by Gasteiger charge is -2.30. The Labute approximate surface area is 126 Å². The minimum Gasteiger partial charge on any atom is -0.496 e. The Hall–Kier alpha value is -1.55. The number of carboxylic acids is 1. The SMILES string of the molecule is COc1cc(C)c(C)cc1CCN1CCCC(C(=O)O)C1. The summed E-state index contributed by atoms with van der Waals surface area (Å²) in [7, 11) is 1.70. The fraction of sp³-hybridized carbons (Fsp3) is 0.588. The number of ether oxygens (including phenoxy) is 1. The molecule has 1 saturated heterocycles. The van der Waals surface area contributed by atoms with Crippen LogP contribution in [0.1, 0.15) is 29.5 Å². The van der Waals surface area contributed by atoms with Crippen LogP contribution in [0.2, 0.25) is 0 Å². The molecule has 1 aliphatic heterocycles. The maximum Gasteiger partial charge on any atom is 0.307 e. The van der Waals surface area contributed by atoms with Crippen molar-refractivity contribution in [3.8, 4) is 5.75 Å². The van der Waals surface area contributed by atoms with Gasteiger partial charge in [-0.25, -0.2) is 0 Å². The second-order valence-corrected chi connectivity index (χ2v) is 5.98. The van der Waals surface area contributed by atoms with E-state index in [4.69, 9.17) is 9.84 Å². The van der Waals surface area contributed by atoms with Gasteiger partial charge in [0.25, 0.3) is 0 Å². The third-order valence-corrected chi connectivity index (χ3v) is 4.45. The first kappa shape index (κ1) is 15.8. The Balaban J connectivity index is 1.99. The Morgan fingerprint density at radius 2 is 2.10 bits per heavy atom. The second kappa shape index (κ2) is 6.94. The number of carbonyl (C=O) groups is 1. The second-order valence-electron chi connectivity index (χ2n) is 5.98. The highest BCUT2D eigenvalue weighted by atomic mass is 16.5. The van der Waals surface area contributed by atoms with Crippen LogP contribution in [0.15, 0.2) is 12.1 Å². The van der Waals surface area contributed by atoms with Crippen LogP contribution in [0.4, 0.5) is 0 Å². The van der Waals surface area contributed by atoms with Crippen LogP contribution in [-0.4, -0.2) is 42.7 Å². The quantitative estimate of drug-likeness (QED) is 0.906. The Kier molecular flexibility index (Phi) is 5.23. The predicted octanol–water partition coefficient (Wildman–Crippen LogP) is 2.65. The minimum atomic E-state index is -0.663. The first-order valence-electron chi connectivity index (χ1n) is 7.60. The van der Waals surface area contributed by atoms with E-state index in [0.717, 1.165) is 38.1 Å². The first-order valence-corrected chi connectivity index (χ1v) is 7.60. The lowest BCUT2D eigenvalue weighted by Crippen LogP contribution is -2.39. The molecule has 1 aromatic rings. The first-order chi connectivity index (χ1) is 10.0. The predicted molar refractivity (Wildman–Crippen MR) is 83.0 cm³/mol. The fourth-order valence-corrected chi connectivity index (χ4v) is 2.97. The lowest BCUT2D eigenvalue weighted by atomic mass is 9.97. The number of piperidine rings is 1. The Morgan fingerprint density at radius 1 is 1.38 bits per heavy atom. The van der Waals surface area contributed by atoms with E-state index in [1.165, 1.54) is 16.7 Å². The fourth-order valence-electron chi connectivity index (χ4n) is 2.97. The molecular weight excluding hydrogens is 266 g/mol. The molecule has 116 valence electrons. The number of likely N-dealkylation sites (tertiary alicyclic amines) is 1. The zero-order chi connectivity index (χ0) is 15.4. The van der Waals surface area contributed by atoms with Gasteiger partial charge in [-0.3, -0.25) is 4.79 Å². The molecule has 2 rings (SSSR count). The zero-order valence-electron chi connectivity index (χ0n) is 13.2. The Bertz CT molecular complexity index is 513. The number of hydrogen-bond donors (Lipinski definition) is 1. The van der Waals surface area contributed by atoms with Gasteiger partial charge in [-0.15, -0.1) is 0 Å². The van der Waals surface area contributed by atoms with E-state index in [-0.39, 0.29) is 5.92 Å². The van der Waals surface area contributed by atoms with Crippen molar-refractivity contribution in [1.29, 1.82) is 0 Å². The van der Waals surface area contributed by atoms with Crippen molar-refractivity contribution in [2.45, 2.75) is 33.1 Å². The number of methoxy groups -OCH3 is 1. The standard InChI is InChI=1S/C17H25NO3/c1-12-9-14(16(21-3)10-13(12)2)6-8-18-7-4-5-15(11-18)17(19)20/h9-10,15H,4-8,11H2,1-3H3,(H,19,20). The van der Waals surface area contributed by atoms with Crippen LogP contribution in [0, 0.1) is 19.8 Å². The van der Waals surface area contributed by atoms with Crippen molar-refractivity contribution < 1.29 is 14.6 Å². The minimum absolute atomic E-state index is 0.208. The molecule has 21 heavy (non-hydrogen) atoms. The van der Waals surface area contributed by atoms with E-state index in [9.17, 15) is 4.79 Å². The molecule has 0 aromatic heterocycles. The molecule has 4 heteroatoms. The van der Waals surface area contributed by atoms with Crippen molar-refractivity contribution in [1.82, 2.24) is 4.90 Å². The summed E-state index contributed by atoms with van der Waals surface area (Å²) in [4.78, 5) is 13.4. The molecule has 1 atom stereocenters. The van der Waals surface area contributed by atoms with E-state index in [1.807, 2.05) is 0 Å². The average Bonchev–Trinajstić information content (AvgIpc) is 2.48. The van der Waals surface area contributed by atoms with E-state index < -0.39 is 5.97 Å². The highest BCUT2D eigenvalue weighted by molar-refractivity contribution is 5.70. The summed E-state index contributed by atoms with van der Waals surface area (Å²) in [6, 6.07) is 4.27. The molecule has 0 aliphatic carbocycles. The molecule has 1 N–H and O–H groups in total. The lowest BCUT2D eigenvalue weighted by molar-refractivity contribution is -0.143. The largest absolute Gasteiger partial charge is 0.496 e. The smallest absolute Gasteiger partial charge is 0.307 e. The number of aliphatic carboxylic acids is 1. The molecule has 1 heterocycles. The zero-order valence-corrected chi connectivity index (χ0v) is 13.2. The van der Waals surface area contributed by atoms with E-state index in [1.54, 1.807) is 7.11 Å². The van der Waals surface area contributed by atoms with Gasteiger partial charge in [0.1, 0.15) is 5.75 Å². The van der Waals surface area contributed by atoms with Crippen LogP contribution < -0.4 is 4.74 Å². The van der Waals surface area contributed by atoms with Crippen LogP contribution in [0.5, 0.6) is 5.75 Å². The van der Waals surface area contributed by atoms with E-state index in [2.05, 4.69) is 30.9 Å². The Morgan fingerprint density at radius 3 is 2.76 bits per heavy atom. The van der Waals surface area contributed by atoms with Crippen LogP contribution >= 0.6 is 0 Å². The van der Waals surface area contributed by atoms with E-state index >= 15 is 0 Å². The van der Waals surface area contributed by atoms with Crippen LogP contribution in [0.3, 0.4) is 0 Å². The van der Waals surface area contributed by atoms with Gasteiger partial charge in [-0.2, -0.15) is 0 Å². The van der Waals surface area contributed by atoms with Gasteiger partial charge in [-0.1, -0.05) is 6.07 Å². The topological polar surface area (TPSA) is 49.8 Å². The summed E-state index contributed by atoms with van der Waals surface area (Å²) in [5, 5.41) is 9.14. The summed E-state index contributed by atoms with van der Waals surface area (Å²) >= 11 is 0. The normalized spacial score (nSPS) is 19.5. The third kappa shape index (κ3) is 3.97. The van der Waals surface area contributed by atoms with Crippen molar-refractivity contribution in [2.75, 3.05) is 26.7 Å². The van der Waals surface area contributed by atoms with Gasteiger partial charge in [0.2, 0.25) is 0 Å². The summed E-state index contributed by atoms with van der Waals surface area (Å²) < 4.78 is 5.47. The van der Waals surface area contributed by atoms with Gasteiger partial charge in [-0.05, 0) is 62.4 Å². The summed E-state index contributed by atoms with van der Waals surface area (Å²) in [5.74, 6) is 0.0637. The summed E-state index contributed by atoms with van der Waals surface area (Å²) in [5.41, 5.74) is 3.71. The molecule has 4 nitrogen and oxygen atoms in total. The van der Waals surface area contributed by atoms with Crippen molar-refractivity contribution in [2.24, 2.45) is 5.92 Å². The third-order valence-electron chi connectivity index (χ3n) is 4.45. The van der Waals surface area contributed by atoms with Crippen molar-refractivity contribution in [3.63, 3.8) is 0 Å². The number of carboxylic acid groups (broad SMARTS) is 1.